The van der Waals surface area contributed by atoms with Crippen LogP contribution < -0.4 is 0 Å². The second kappa shape index (κ2) is 8.60. The lowest BCUT2D eigenvalue weighted by Crippen LogP contribution is -2.30. The fraction of sp³-hybridized carbons (Fsp3) is 0.933. The molecule has 0 aliphatic heterocycles. The Bertz CT molecular complexity index is 235. The average molecular weight is 252 g/mol. The third kappa shape index (κ3) is 4.66. The van der Waals surface area contributed by atoms with Crippen molar-refractivity contribution < 1.29 is 9.53 Å². The molecule has 0 aromatic rings. The van der Waals surface area contributed by atoms with Crippen LogP contribution in [0.1, 0.15) is 64.7 Å². The number of hydrogen-bond donors (Lipinski definition) is 0. The topological polar surface area (TPSA) is 26.3 Å². The zero-order valence-electron chi connectivity index (χ0n) is 12.3. The molecule has 0 unspecified atom stereocenters. The minimum atomic E-state index is -0.110. The lowest BCUT2D eigenvalue weighted by Gasteiger charge is -2.26. The smallest absolute Gasteiger partial charge is 0.312 e. The van der Waals surface area contributed by atoms with Crippen molar-refractivity contribution in [3.8, 4) is 0 Å². The molecule has 0 bridgehead atoms. The highest BCUT2D eigenvalue weighted by Crippen LogP contribution is 2.43. The molecule has 1 aliphatic carbocycles. The van der Waals surface area contributed by atoms with Gasteiger partial charge >= 0.3 is 5.97 Å². The molecule has 0 radical (unpaired) electrons. The summed E-state index contributed by atoms with van der Waals surface area (Å²) in [5.74, 6) is 0.102. The predicted molar refractivity (Wildman–Crippen MR) is 78.4 cm³/mol. The van der Waals surface area contributed by atoms with Crippen molar-refractivity contribution in [2.24, 2.45) is 5.41 Å². The highest BCUT2D eigenvalue weighted by atomic mass is 16.5. The summed E-state index contributed by atoms with van der Waals surface area (Å²) < 4.78 is 5.49. The largest absolute Gasteiger partial charge is 0.465 e. The van der Waals surface area contributed by atoms with E-state index in [-0.39, 0.29) is 11.4 Å². The third-order valence-electron chi connectivity index (χ3n) is 4.23. The van der Waals surface area contributed by atoms with Crippen LogP contribution >= 0.6 is 0 Å². The molecule has 1 fully saturated rings. The molecule has 3 heteroatoms. The summed E-state index contributed by atoms with van der Waals surface area (Å²) in [7, 11) is 1.26. The first-order valence-corrected chi connectivity index (χ1v) is 7.92. The third-order valence-corrected chi connectivity index (χ3v) is 4.23. The first kappa shape index (κ1) is 15.6. The molecule has 0 atom stereocenters. The van der Waals surface area contributed by atoms with Gasteiger partial charge in [0.2, 0.25) is 0 Å². The van der Waals surface area contributed by atoms with Crippen molar-refractivity contribution in [2.75, 3.05) is 6.61 Å². The summed E-state index contributed by atoms with van der Waals surface area (Å²) in [6, 6.07) is 0. The van der Waals surface area contributed by atoms with Gasteiger partial charge in [-0.05, 0) is 25.7 Å². The van der Waals surface area contributed by atoms with Gasteiger partial charge in [-0.15, -0.1) is 0 Å². The summed E-state index contributed by atoms with van der Waals surface area (Å²) >= 11 is 0. The summed E-state index contributed by atoms with van der Waals surface area (Å²) in [6.45, 7) is 4.97. The minimum absolute atomic E-state index is 0.102. The van der Waals surface area contributed by atoms with Crippen molar-refractivity contribution >= 4 is 13.2 Å². The lowest BCUT2D eigenvalue weighted by atomic mass is 9.74. The molecule has 1 saturated carbocycles. The highest BCUT2D eigenvalue weighted by Gasteiger charge is 2.41. The standard InChI is InChI=1S/C15H29BO2/c1-3-4-13-18-14(17)15(9-5-6-10-15)11-7-8-12-16-2/h16H,3-13H2,1-2H3. The quantitative estimate of drug-likeness (QED) is 0.352. The van der Waals surface area contributed by atoms with Crippen LogP contribution in [0, 0.1) is 5.41 Å². The van der Waals surface area contributed by atoms with Gasteiger partial charge in [0.05, 0.1) is 12.0 Å². The Morgan fingerprint density at radius 1 is 1.22 bits per heavy atom. The van der Waals surface area contributed by atoms with E-state index in [2.05, 4.69) is 13.7 Å². The van der Waals surface area contributed by atoms with Crippen LogP contribution in [0.25, 0.3) is 0 Å². The zero-order valence-corrected chi connectivity index (χ0v) is 12.3. The normalized spacial score (nSPS) is 17.7. The zero-order chi connectivity index (χ0) is 13.3. The molecule has 18 heavy (non-hydrogen) atoms. The van der Waals surface area contributed by atoms with Crippen LogP contribution in [0.2, 0.25) is 13.1 Å². The van der Waals surface area contributed by atoms with Crippen LogP contribution in [-0.4, -0.2) is 19.9 Å². The van der Waals surface area contributed by atoms with Crippen LogP contribution in [0.3, 0.4) is 0 Å². The molecule has 0 spiro atoms. The van der Waals surface area contributed by atoms with E-state index >= 15 is 0 Å². The fourth-order valence-electron chi connectivity index (χ4n) is 2.96. The number of ether oxygens (including phenoxy) is 1. The van der Waals surface area contributed by atoms with Crippen molar-refractivity contribution in [1.82, 2.24) is 0 Å². The number of esters is 1. The Kier molecular flexibility index (Phi) is 7.45. The Balaban J connectivity index is 2.38. The van der Waals surface area contributed by atoms with E-state index < -0.39 is 0 Å². The Morgan fingerprint density at radius 2 is 1.94 bits per heavy atom. The molecule has 0 saturated heterocycles. The van der Waals surface area contributed by atoms with Crippen LogP contribution in [0.5, 0.6) is 0 Å². The van der Waals surface area contributed by atoms with E-state index in [9.17, 15) is 4.79 Å². The molecule has 2 nitrogen and oxygen atoms in total. The van der Waals surface area contributed by atoms with Crippen LogP contribution in [0.4, 0.5) is 0 Å². The number of rotatable bonds is 9. The van der Waals surface area contributed by atoms with E-state index in [1.165, 1.54) is 39.3 Å². The van der Waals surface area contributed by atoms with Gasteiger partial charge in [0.15, 0.2) is 0 Å². The summed E-state index contributed by atoms with van der Waals surface area (Å²) in [4.78, 5) is 12.3. The lowest BCUT2D eigenvalue weighted by molar-refractivity contribution is -0.156. The van der Waals surface area contributed by atoms with Gasteiger partial charge in [0.25, 0.3) is 0 Å². The maximum atomic E-state index is 12.3. The fourth-order valence-corrected chi connectivity index (χ4v) is 2.96. The van der Waals surface area contributed by atoms with Crippen LogP contribution in [0.15, 0.2) is 0 Å². The number of unbranched alkanes of at least 4 members (excludes halogenated alkanes) is 2. The molecular weight excluding hydrogens is 223 g/mol. The molecule has 104 valence electrons. The number of carbonyl (C=O) groups is 1. The summed E-state index contributed by atoms with van der Waals surface area (Å²) in [6.07, 6.45) is 11.4. The maximum Gasteiger partial charge on any atom is 0.312 e. The SMILES string of the molecule is CBCCCCC1(C(=O)OCCCC)CCCC1. The van der Waals surface area contributed by atoms with Gasteiger partial charge in [0, 0.05) is 0 Å². The summed E-state index contributed by atoms with van der Waals surface area (Å²) in [5, 5.41) is 0. The second-order valence-electron chi connectivity index (χ2n) is 5.79. The Morgan fingerprint density at radius 3 is 2.56 bits per heavy atom. The molecule has 0 N–H and O–H groups in total. The molecule has 0 aromatic carbocycles. The second-order valence-corrected chi connectivity index (χ2v) is 5.79. The van der Waals surface area contributed by atoms with E-state index in [1.807, 2.05) is 0 Å². The molecule has 1 aliphatic rings. The van der Waals surface area contributed by atoms with Gasteiger partial charge in [0.1, 0.15) is 7.28 Å². The van der Waals surface area contributed by atoms with Crippen molar-refractivity contribution in [3.63, 3.8) is 0 Å². The highest BCUT2D eigenvalue weighted by molar-refractivity contribution is 6.33. The predicted octanol–water partition coefficient (Wildman–Crippen LogP) is 3.96. The van der Waals surface area contributed by atoms with Crippen molar-refractivity contribution in [2.45, 2.75) is 77.9 Å². The van der Waals surface area contributed by atoms with Crippen molar-refractivity contribution in [1.29, 1.82) is 0 Å². The first-order valence-electron chi connectivity index (χ1n) is 7.92. The maximum absolute atomic E-state index is 12.3. The molecule has 0 amide bonds. The van der Waals surface area contributed by atoms with E-state index in [0.29, 0.717) is 6.61 Å². The Hall–Kier alpha value is -0.465. The van der Waals surface area contributed by atoms with E-state index in [4.69, 9.17) is 4.74 Å². The molecular formula is C15H29BO2. The van der Waals surface area contributed by atoms with Gasteiger partial charge in [-0.3, -0.25) is 4.79 Å². The monoisotopic (exact) mass is 252 g/mol. The summed E-state index contributed by atoms with van der Waals surface area (Å²) in [5.41, 5.74) is -0.110. The average Bonchev–Trinajstić information content (AvgIpc) is 2.85. The first-order chi connectivity index (χ1) is 8.75. The van der Waals surface area contributed by atoms with Crippen molar-refractivity contribution in [3.05, 3.63) is 0 Å². The molecule has 1 rings (SSSR count). The minimum Gasteiger partial charge on any atom is -0.465 e. The molecule has 0 aromatic heterocycles. The van der Waals surface area contributed by atoms with E-state index in [1.54, 1.807) is 0 Å². The number of hydrogen-bond acceptors (Lipinski definition) is 2. The van der Waals surface area contributed by atoms with E-state index in [0.717, 1.165) is 32.1 Å². The molecule has 0 heterocycles. The van der Waals surface area contributed by atoms with Gasteiger partial charge < -0.3 is 4.74 Å². The van der Waals surface area contributed by atoms with Gasteiger partial charge in [-0.1, -0.05) is 52.2 Å². The Labute approximate surface area is 113 Å². The van der Waals surface area contributed by atoms with Gasteiger partial charge in [-0.25, -0.2) is 0 Å². The van der Waals surface area contributed by atoms with Gasteiger partial charge in [-0.2, -0.15) is 0 Å². The van der Waals surface area contributed by atoms with Crippen LogP contribution in [-0.2, 0) is 9.53 Å². The number of carbonyl (C=O) groups excluding carboxylic acids is 1.